The maximum Gasteiger partial charge on any atom is 0.357 e. The van der Waals surface area contributed by atoms with Gasteiger partial charge in [0.1, 0.15) is 11.5 Å². The number of halogens is 1. The van der Waals surface area contributed by atoms with Crippen molar-refractivity contribution in [2.24, 2.45) is 0 Å². The van der Waals surface area contributed by atoms with Crippen LogP contribution >= 0.6 is 11.6 Å². The van der Waals surface area contributed by atoms with Crippen molar-refractivity contribution in [2.45, 2.75) is 13.5 Å². The summed E-state index contributed by atoms with van der Waals surface area (Å²) in [5.74, 6) is 0.671. The second-order valence-electron chi connectivity index (χ2n) is 6.36. The summed E-state index contributed by atoms with van der Waals surface area (Å²) in [5.41, 5.74) is 2.50. The second kappa shape index (κ2) is 8.11. The summed E-state index contributed by atoms with van der Waals surface area (Å²) >= 11 is 6.28. The lowest BCUT2D eigenvalue weighted by atomic mass is 10.0. The molecule has 0 bridgehead atoms. The van der Waals surface area contributed by atoms with Gasteiger partial charge in [-0.2, -0.15) is 0 Å². The van der Waals surface area contributed by atoms with Gasteiger partial charge < -0.3 is 19.2 Å². The third kappa shape index (κ3) is 3.52. The lowest BCUT2D eigenvalue weighted by Crippen LogP contribution is -2.11. The summed E-state index contributed by atoms with van der Waals surface area (Å²) in [6.45, 7) is 2.22. The van der Waals surface area contributed by atoms with E-state index in [9.17, 15) is 4.79 Å². The van der Waals surface area contributed by atoms with Crippen molar-refractivity contribution in [3.8, 4) is 11.5 Å². The number of carbonyl (C=O) groups is 1. The van der Waals surface area contributed by atoms with Crippen molar-refractivity contribution in [3.05, 3.63) is 64.9 Å². The number of H-pyrrole nitrogens is 1. The predicted octanol–water partition coefficient (Wildman–Crippen LogP) is 5.48. The number of ether oxygens (including phenoxy) is 3. The molecule has 4 rings (SSSR count). The number of esters is 1. The Labute approximate surface area is 172 Å². The van der Waals surface area contributed by atoms with Crippen molar-refractivity contribution >= 4 is 39.4 Å². The number of benzene rings is 2. The zero-order valence-electron chi connectivity index (χ0n) is 16.0. The summed E-state index contributed by atoms with van der Waals surface area (Å²) in [7, 11) is 1.57. The summed E-state index contributed by atoms with van der Waals surface area (Å²) in [6, 6.07) is 13.0. The quantitative estimate of drug-likeness (QED) is 0.426. The third-order valence-electron chi connectivity index (χ3n) is 4.54. The van der Waals surface area contributed by atoms with Crippen molar-refractivity contribution in [2.75, 3.05) is 13.7 Å². The molecule has 0 spiro atoms. The van der Waals surface area contributed by atoms with Crippen LogP contribution in [0.3, 0.4) is 0 Å². The van der Waals surface area contributed by atoms with E-state index in [1.807, 2.05) is 30.3 Å². The van der Waals surface area contributed by atoms with Gasteiger partial charge in [-0.05, 0) is 31.2 Å². The number of aromatic amines is 1. The average Bonchev–Trinajstić information content (AvgIpc) is 3.10. The lowest BCUT2D eigenvalue weighted by molar-refractivity contribution is 0.0514. The maximum atomic E-state index is 12.5. The highest BCUT2D eigenvalue weighted by atomic mass is 35.5. The molecule has 0 aliphatic heterocycles. The standard InChI is InChI=1S/C22H19ClN2O4/c1-3-28-22(26)21-13(12-27-2)19-16(11-24-21)25-15-8-6-10-18(20(15)19)29-17-9-5-4-7-14(17)23/h4-11,25H,3,12H2,1-2H3. The van der Waals surface area contributed by atoms with E-state index in [1.54, 1.807) is 32.4 Å². The monoisotopic (exact) mass is 410 g/mol. The molecule has 0 saturated heterocycles. The van der Waals surface area contributed by atoms with Gasteiger partial charge in [-0.25, -0.2) is 9.78 Å². The molecular formula is C22H19ClN2O4. The SMILES string of the molecule is CCOC(=O)c1ncc2[nH]c3cccc(Oc4ccccc4Cl)c3c2c1COC. The highest BCUT2D eigenvalue weighted by molar-refractivity contribution is 6.32. The number of carbonyl (C=O) groups excluding carboxylic acids is 1. The number of rotatable bonds is 6. The number of methoxy groups -OCH3 is 1. The van der Waals surface area contributed by atoms with Gasteiger partial charge in [-0.15, -0.1) is 0 Å². The van der Waals surface area contributed by atoms with Crippen molar-refractivity contribution < 1.29 is 19.0 Å². The fourth-order valence-electron chi connectivity index (χ4n) is 3.36. The first-order chi connectivity index (χ1) is 14.1. The molecular weight excluding hydrogens is 392 g/mol. The Balaban J connectivity index is 1.98. The number of pyridine rings is 1. The molecule has 0 fully saturated rings. The van der Waals surface area contributed by atoms with Gasteiger partial charge in [-0.3, -0.25) is 0 Å². The molecule has 7 heteroatoms. The van der Waals surface area contributed by atoms with Crippen LogP contribution in [0.4, 0.5) is 0 Å². The van der Waals surface area contributed by atoms with Crippen LogP contribution in [0.2, 0.25) is 5.02 Å². The van der Waals surface area contributed by atoms with Crippen molar-refractivity contribution in [1.29, 1.82) is 0 Å². The summed E-state index contributed by atoms with van der Waals surface area (Å²) in [5, 5.41) is 2.14. The molecule has 0 saturated carbocycles. The predicted molar refractivity (Wildman–Crippen MR) is 112 cm³/mol. The number of para-hydroxylation sites is 1. The van der Waals surface area contributed by atoms with Gasteiger partial charge in [0.05, 0.1) is 40.9 Å². The van der Waals surface area contributed by atoms with E-state index >= 15 is 0 Å². The molecule has 0 radical (unpaired) electrons. The molecule has 0 unspecified atom stereocenters. The number of aromatic nitrogens is 2. The van der Waals surface area contributed by atoms with Gasteiger partial charge in [0.2, 0.25) is 0 Å². The van der Waals surface area contributed by atoms with E-state index in [0.717, 1.165) is 21.8 Å². The molecule has 0 aliphatic rings. The Morgan fingerprint density at radius 2 is 1.86 bits per heavy atom. The van der Waals surface area contributed by atoms with Crippen LogP contribution in [0.25, 0.3) is 21.8 Å². The van der Waals surface area contributed by atoms with Crippen LogP contribution in [-0.2, 0) is 16.1 Å². The van der Waals surface area contributed by atoms with Crippen LogP contribution < -0.4 is 4.74 Å². The van der Waals surface area contributed by atoms with Gasteiger partial charge in [-0.1, -0.05) is 29.8 Å². The fraction of sp³-hybridized carbons (Fsp3) is 0.182. The number of nitrogens with zero attached hydrogens (tertiary/aromatic N) is 1. The summed E-state index contributed by atoms with van der Waals surface area (Å²) in [6.07, 6.45) is 1.63. The first kappa shape index (κ1) is 19.2. The van der Waals surface area contributed by atoms with E-state index in [0.29, 0.717) is 22.1 Å². The minimum atomic E-state index is -0.486. The largest absolute Gasteiger partial charge is 0.461 e. The molecule has 6 nitrogen and oxygen atoms in total. The third-order valence-corrected chi connectivity index (χ3v) is 4.85. The van der Waals surface area contributed by atoms with Gasteiger partial charge in [0.15, 0.2) is 5.69 Å². The van der Waals surface area contributed by atoms with Crippen LogP contribution in [0.5, 0.6) is 11.5 Å². The Morgan fingerprint density at radius 1 is 1.07 bits per heavy atom. The fourth-order valence-corrected chi connectivity index (χ4v) is 3.54. The molecule has 148 valence electrons. The van der Waals surface area contributed by atoms with Crippen molar-refractivity contribution in [3.63, 3.8) is 0 Å². The van der Waals surface area contributed by atoms with Crippen molar-refractivity contribution in [1.82, 2.24) is 9.97 Å². The maximum absolute atomic E-state index is 12.5. The molecule has 0 atom stereocenters. The second-order valence-corrected chi connectivity index (χ2v) is 6.77. The van der Waals surface area contributed by atoms with E-state index in [-0.39, 0.29) is 18.9 Å². The molecule has 0 amide bonds. The number of nitrogens with one attached hydrogen (secondary N) is 1. The molecule has 0 aliphatic carbocycles. The zero-order chi connectivity index (χ0) is 20.4. The van der Waals surface area contributed by atoms with Crippen LogP contribution in [-0.4, -0.2) is 29.7 Å². The van der Waals surface area contributed by atoms with E-state index in [4.69, 9.17) is 25.8 Å². The molecule has 2 aromatic heterocycles. The first-order valence-corrected chi connectivity index (χ1v) is 9.52. The Bertz CT molecular complexity index is 1200. The molecule has 2 heterocycles. The number of hydrogen-bond acceptors (Lipinski definition) is 5. The Kier molecular flexibility index (Phi) is 5.38. The van der Waals surface area contributed by atoms with Gasteiger partial charge >= 0.3 is 5.97 Å². The normalized spacial score (nSPS) is 11.1. The van der Waals surface area contributed by atoms with E-state index in [1.165, 1.54) is 0 Å². The van der Waals surface area contributed by atoms with Gasteiger partial charge in [0.25, 0.3) is 0 Å². The lowest BCUT2D eigenvalue weighted by Gasteiger charge is -2.12. The Morgan fingerprint density at radius 3 is 2.62 bits per heavy atom. The smallest absolute Gasteiger partial charge is 0.357 e. The zero-order valence-corrected chi connectivity index (χ0v) is 16.7. The topological polar surface area (TPSA) is 73.4 Å². The summed E-state index contributed by atoms with van der Waals surface area (Å²) in [4.78, 5) is 20.1. The Hall–Kier alpha value is -3.09. The first-order valence-electron chi connectivity index (χ1n) is 9.14. The molecule has 4 aromatic rings. The summed E-state index contributed by atoms with van der Waals surface area (Å²) < 4.78 is 16.7. The highest BCUT2D eigenvalue weighted by Crippen LogP contribution is 2.39. The minimum Gasteiger partial charge on any atom is -0.461 e. The van der Waals surface area contributed by atoms with E-state index < -0.39 is 5.97 Å². The van der Waals surface area contributed by atoms with Crippen LogP contribution in [0, 0.1) is 0 Å². The van der Waals surface area contributed by atoms with E-state index in [2.05, 4.69) is 9.97 Å². The number of hydrogen-bond donors (Lipinski definition) is 1. The highest BCUT2D eigenvalue weighted by Gasteiger charge is 2.22. The van der Waals surface area contributed by atoms with Crippen LogP contribution in [0.15, 0.2) is 48.7 Å². The molecule has 29 heavy (non-hydrogen) atoms. The molecule has 1 N–H and O–H groups in total. The minimum absolute atomic E-state index is 0.200. The van der Waals surface area contributed by atoms with Gasteiger partial charge in [0, 0.05) is 18.1 Å². The number of fused-ring (bicyclic) bond motifs is 3. The molecule has 2 aromatic carbocycles. The van der Waals surface area contributed by atoms with Crippen LogP contribution in [0.1, 0.15) is 23.0 Å². The average molecular weight is 411 g/mol.